The summed E-state index contributed by atoms with van der Waals surface area (Å²) in [4.78, 5) is 6.72. The first-order valence-corrected chi connectivity index (χ1v) is 11.3. The van der Waals surface area contributed by atoms with Crippen LogP contribution in [0.1, 0.15) is 1.37 Å². The molecule has 0 fully saturated rings. The van der Waals surface area contributed by atoms with Gasteiger partial charge >= 0.3 is 0 Å². The van der Waals surface area contributed by atoms with E-state index in [1.54, 1.807) is 6.20 Å². The van der Waals surface area contributed by atoms with Crippen molar-refractivity contribution in [2.45, 2.75) is 19.6 Å². The summed E-state index contributed by atoms with van der Waals surface area (Å²) in [5, 5.41) is 1.02. The van der Waals surface area contributed by atoms with Gasteiger partial charge in [-0.25, -0.2) is 0 Å². The Kier molecular flexibility index (Phi) is 3.65. The fourth-order valence-electron chi connectivity index (χ4n) is 2.59. The molecule has 3 rings (SSSR count). The number of nitrogens with zero attached hydrogens (tertiary/aromatic N) is 2. The van der Waals surface area contributed by atoms with Crippen LogP contribution in [0.15, 0.2) is 66.8 Å². The van der Waals surface area contributed by atoms with Crippen molar-refractivity contribution in [2.75, 3.05) is 11.1 Å². The van der Waals surface area contributed by atoms with E-state index in [4.69, 9.17) is 1.37 Å². The monoisotopic (exact) mass is 307 g/mol. The Bertz CT molecular complexity index is 812. The van der Waals surface area contributed by atoms with E-state index >= 15 is 0 Å². The quantitative estimate of drug-likeness (QED) is 0.612. The number of anilines is 2. The summed E-state index contributed by atoms with van der Waals surface area (Å²) < 4.78 is 7.79. The second-order valence-corrected chi connectivity index (χ2v) is 12.2. The van der Waals surface area contributed by atoms with Gasteiger partial charge in [0, 0.05) is 29.1 Å². The van der Waals surface area contributed by atoms with Gasteiger partial charge in [-0.15, -0.1) is 0 Å². The molecule has 0 spiro atoms. The fraction of sp³-hybridized carbons (Fsp3) is 0.211. The molecule has 1 heterocycles. The van der Waals surface area contributed by atoms with Crippen LogP contribution in [0.2, 0.25) is 19.6 Å². The second-order valence-electron chi connectivity index (χ2n) is 6.79. The molecular weight excluding hydrogens is 284 g/mol. The number of para-hydroxylation sites is 1. The van der Waals surface area contributed by atoms with Gasteiger partial charge in [0.05, 0.1) is 15.0 Å². The zero-order chi connectivity index (χ0) is 16.4. The van der Waals surface area contributed by atoms with E-state index in [0.717, 1.165) is 17.1 Å². The van der Waals surface area contributed by atoms with E-state index in [-0.39, 0.29) is 0 Å². The SMILES string of the molecule is [2H]c1cnc2ccc(N(C[Si](C)(C)C)c3ccccc3)cc2c1. The van der Waals surface area contributed by atoms with Crippen molar-refractivity contribution in [2.24, 2.45) is 0 Å². The van der Waals surface area contributed by atoms with Crippen molar-refractivity contribution in [3.63, 3.8) is 0 Å². The number of fused-ring (bicyclic) bond motifs is 1. The lowest BCUT2D eigenvalue weighted by Gasteiger charge is -2.31. The highest BCUT2D eigenvalue weighted by atomic mass is 28.3. The summed E-state index contributed by atoms with van der Waals surface area (Å²) in [5.41, 5.74) is 3.31. The van der Waals surface area contributed by atoms with Crippen LogP contribution in [0, 0.1) is 0 Å². The lowest BCUT2D eigenvalue weighted by atomic mass is 10.2. The van der Waals surface area contributed by atoms with Gasteiger partial charge in [0.1, 0.15) is 0 Å². The smallest absolute Gasteiger partial charge is 0.0703 e. The number of hydrogen-bond acceptors (Lipinski definition) is 2. The molecule has 0 radical (unpaired) electrons. The topological polar surface area (TPSA) is 16.1 Å². The van der Waals surface area contributed by atoms with E-state index in [2.05, 4.69) is 65.9 Å². The van der Waals surface area contributed by atoms with Gasteiger partial charge in [0.15, 0.2) is 0 Å². The van der Waals surface area contributed by atoms with E-state index in [1.165, 1.54) is 11.4 Å². The Morgan fingerprint density at radius 3 is 2.50 bits per heavy atom. The molecule has 112 valence electrons. The fourth-order valence-corrected chi connectivity index (χ4v) is 3.90. The van der Waals surface area contributed by atoms with Crippen LogP contribution in [0.3, 0.4) is 0 Å². The molecule has 3 heteroatoms. The first-order chi connectivity index (χ1) is 10.9. The molecule has 22 heavy (non-hydrogen) atoms. The van der Waals surface area contributed by atoms with Gasteiger partial charge in [-0.05, 0) is 36.4 Å². The Morgan fingerprint density at radius 2 is 1.77 bits per heavy atom. The molecule has 0 saturated heterocycles. The predicted molar refractivity (Wildman–Crippen MR) is 98.5 cm³/mol. The van der Waals surface area contributed by atoms with Gasteiger partial charge < -0.3 is 4.90 Å². The number of pyridine rings is 1. The normalized spacial score (nSPS) is 12.2. The Morgan fingerprint density at radius 1 is 1.00 bits per heavy atom. The van der Waals surface area contributed by atoms with Gasteiger partial charge in [-0.1, -0.05) is 43.9 Å². The molecule has 0 amide bonds. The zero-order valence-corrected chi connectivity index (χ0v) is 14.4. The van der Waals surface area contributed by atoms with Crippen LogP contribution in [0.25, 0.3) is 10.9 Å². The van der Waals surface area contributed by atoms with Crippen LogP contribution in [-0.2, 0) is 0 Å². The van der Waals surface area contributed by atoms with E-state index in [0.29, 0.717) is 6.04 Å². The van der Waals surface area contributed by atoms with Crippen molar-refractivity contribution in [1.82, 2.24) is 4.98 Å². The van der Waals surface area contributed by atoms with Crippen molar-refractivity contribution in [1.29, 1.82) is 0 Å². The van der Waals surface area contributed by atoms with Gasteiger partial charge in [-0.2, -0.15) is 0 Å². The van der Waals surface area contributed by atoms with Crippen LogP contribution in [0.4, 0.5) is 11.4 Å². The van der Waals surface area contributed by atoms with Crippen LogP contribution >= 0.6 is 0 Å². The van der Waals surface area contributed by atoms with Crippen molar-refractivity contribution in [3.8, 4) is 0 Å². The Balaban J connectivity index is 2.09. The highest BCUT2D eigenvalue weighted by molar-refractivity contribution is 6.76. The van der Waals surface area contributed by atoms with E-state index in [9.17, 15) is 0 Å². The Hall–Kier alpha value is -2.13. The lowest BCUT2D eigenvalue weighted by Crippen LogP contribution is -2.37. The summed E-state index contributed by atoms with van der Waals surface area (Å²) in [7, 11) is -1.29. The molecule has 0 unspecified atom stereocenters. The summed E-state index contributed by atoms with van der Waals surface area (Å²) in [6, 6.07) is 19.2. The lowest BCUT2D eigenvalue weighted by molar-refractivity contribution is 1.13. The summed E-state index contributed by atoms with van der Waals surface area (Å²) >= 11 is 0. The first-order valence-electron chi connectivity index (χ1n) is 8.11. The van der Waals surface area contributed by atoms with Gasteiger partial charge in [0.25, 0.3) is 0 Å². The molecule has 0 aliphatic heterocycles. The standard InChI is InChI=1S/C19H22N2Si/c1-22(2,3)15-21(17-9-5-4-6-10-17)18-11-12-19-16(14-18)8-7-13-20-19/h4-14H,15H2,1-3H3/i7D. The third kappa shape index (κ3) is 3.36. The maximum atomic E-state index is 7.79. The molecule has 0 aliphatic rings. The maximum absolute atomic E-state index is 7.79. The maximum Gasteiger partial charge on any atom is 0.0703 e. The van der Waals surface area contributed by atoms with Gasteiger partial charge in [0.2, 0.25) is 0 Å². The average molecular weight is 307 g/mol. The summed E-state index contributed by atoms with van der Waals surface area (Å²) in [6.45, 7) is 7.15. The third-order valence-electron chi connectivity index (χ3n) is 3.54. The molecule has 2 aromatic carbocycles. The minimum absolute atomic E-state index is 0.450. The van der Waals surface area contributed by atoms with Crippen molar-refractivity contribution < 1.29 is 1.37 Å². The molecule has 1 aromatic heterocycles. The minimum Gasteiger partial charge on any atom is -0.345 e. The Labute approximate surface area is 134 Å². The van der Waals surface area contributed by atoms with Crippen LogP contribution in [0.5, 0.6) is 0 Å². The molecule has 0 bridgehead atoms. The molecular formula is C19H22N2Si. The first kappa shape index (κ1) is 13.5. The second kappa shape index (κ2) is 5.93. The van der Waals surface area contributed by atoms with Crippen molar-refractivity contribution >= 4 is 30.4 Å². The number of rotatable bonds is 4. The number of hydrogen-bond donors (Lipinski definition) is 0. The van der Waals surface area contributed by atoms with E-state index < -0.39 is 8.07 Å². The van der Waals surface area contributed by atoms with Crippen LogP contribution < -0.4 is 4.90 Å². The third-order valence-corrected chi connectivity index (χ3v) is 4.81. The molecule has 0 atom stereocenters. The number of aromatic nitrogens is 1. The summed E-state index contributed by atoms with van der Waals surface area (Å²) in [6.07, 6.45) is 2.65. The van der Waals surface area contributed by atoms with E-state index in [1.807, 2.05) is 18.2 Å². The summed E-state index contributed by atoms with van der Waals surface area (Å²) in [5.74, 6) is 0. The average Bonchev–Trinajstić information content (AvgIpc) is 2.52. The molecule has 3 aromatic rings. The zero-order valence-electron chi connectivity index (χ0n) is 14.4. The molecule has 2 nitrogen and oxygen atoms in total. The highest BCUT2D eigenvalue weighted by Crippen LogP contribution is 2.29. The largest absolute Gasteiger partial charge is 0.345 e. The molecule has 0 saturated carbocycles. The molecule has 0 N–H and O–H groups in total. The van der Waals surface area contributed by atoms with Crippen LogP contribution in [-0.4, -0.2) is 19.2 Å². The predicted octanol–water partition coefficient (Wildman–Crippen LogP) is 5.25. The highest BCUT2D eigenvalue weighted by Gasteiger charge is 2.20. The number of benzene rings is 2. The van der Waals surface area contributed by atoms with Crippen molar-refractivity contribution in [3.05, 3.63) is 66.8 Å². The molecule has 0 aliphatic carbocycles. The minimum atomic E-state index is -1.29. The van der Waals surface area contributed by atoms with Gasteiger partial charge in [-0.3, -0.25) is 4.98 Å².